The van der Waals surface area contributed by atoms with Gasteiger partial charge in [-0.15, -0.1) is 10.2 Å². The zero-order chi connectivity index (χ0) is 23.2. The zero-order valence-corrected chi connectivity index (χ0v) is 20.2. The lowest BCUT2D eigenvalue weighted by molar-refractivity contribution is -0.120. The van der Waals surface area contributed by atoms with E-state index >= 15 is 0 Å². The third kappa shape index (κ3) is 5.55. The molecule has 1 saturated carbocycles. The number of aromatic nitrogens is 4. The molecule has 2 heterocycles. The number of carbonyl (C=O) groups is 1. The van der Waals surface area contributed by atoms with Crippen LogP contribution in [0.5, 0.6) is 5.75 Å². The minimum absolute atomic E-state index is 0.0232. The lowest BCUT2D eigenvalue weighted by Crippen LogP contribution is -2.31. The van der Waals surface area contributed by atoms with Crippen LogP contribution in [-0.4, -0.2) is 38.0 Å². The number of rotatable bonds is 8. The van der Waals surface area contributed by atoms with Crippen molar-refractivity contribution >= 4 is 17.7 Å². The van der Waals surface area contributed by atoms with E-state index in [2.05, 4.69) is 32.0 Å². The molecule has 1 aliphatic rings. The maximum atomic E-state index is 12.8. The van der Waals surface area contributed by atoms with E-state index in [9.17, 15) is 4.79 Å². The second-order valence-corrected chi connectivity index (χ2v) is 9.88. The van der Waals surface area contributed by atoms with Crippen molar-refractivity contribution in [2.24, 2.45) is 5.92 Å². The molecular formula is C25H31N5O2S. The molecule has 2 aromatic heterocycles. The summed E-state index contributed by atoms with van der Waals surface area (Å²) in [5.41, 5.74) is 1.98. The fourth-order valence-electron chi connectivity index (χ4n) is 4.32. The molecule has 0 unspecified atom stereocenters. The number of nitrogens with one attached hydrogen (secondary N) is 1. The summed E-state index contributed by atoms with van der Waals surface area (Å²) in [6, 6.07) is 12.0. The first-order valence-electron chi connectivity index (χ1n) is 11.5. The van der Waals surface area contributed by atoms with Crippen molar-refractivity contribution in [2.45, 2.75) is 62.5 Å². The van der Waals surface area contributed by atoms with Crippen molar-refractivity contribution in [3.05, 3.63) is 54.4 Å². The number of benzene rings is 1. The Labute approximate surface area is 199 Å². The number of thioether (sulfide) groups is 1. The normalized spacial score (nSPS) is 19.1. The highest BCUT2D eigenvalue weighted by Crippen LogP contribution is 2.39. The number of hydrogen-bond donors (Lipinski definition) is 1. The molecular weight excluding hydrogens is 434 g/mol. The Kier molecular flexibility index (Phi) is 7.65. The average Bonchev–Trinajstić information content (AvgIpc) is 3.26. The summed E-state index contributed by atoms with van der Waals surface area (Å²) < 4.78 is 7.44. The van der Waals surface area contributed by atoms with Crippen LogP contribution in [-0.2, 0) is 11.3 Å². The molecule has 174 valence electrons. The van der Waals surface area contributed by atoms with Gasteiger partial charge in [0.25, 0.3) is 0 Å². The Hall–Kier alpha value is -2.87. The summed E-state index contributed by atoms with van der Waals surface area (Å²) in [5, 5.41) is 12.6. The molecule has 0 aliphatic heterocycles. The van der Waals surface area contributed by atoms with Crippen molar-refractivity contribution < 1.29 is 9.53 Å². The van der Waals surface area contributed by atoms with Crippen molar-refractivity contribution in [1.29, 1.82) is 0 Å². The summed E-state index contributed by atoms with van der Waals surface area (Å²) in [6.07, 6.45) is 8.33. The van der Waals surface area contributed by atoms with Crippen LogP contribution in [0, 0.1) is 5.92 Å². The van der Waals surface area contributed by atoms with Gasteiger partial charge in [-0.3, -0.25) is 14.3 Å². The molecule has 4 rings (SSSR count). The van der Waals surface area contributed by atoms with Gasteiger partial charge in [-0.25, -0.2) is 0 Å². The Morgan fingerprint density at radius 1 is 1.21 bits per heavy atom. The molecule has 0 saturated heterocycles. The molecule has 3 atom stereocenters. The van der Waals surface area contributed by atoms with E-state index in [0.717, 1.165) is 34.3 Å². The number of carbonyl (C=O) groups excluding carboxylic acids is 1. The van der Waals surface area contributed by atoms with Gasteiger partial charge in [0.15, 0.2) is 11.0 Å². The van der Waals surface area contributed by atoms with Crippen LogP contribution in [0.3, 0.4) is 0 Å². The van der Waals surface area contributed by atoms with Crippen molar-refractivity contribution in [2.75, 3.05) is 7.11 Å². The van der Waals surface area contributed by atoms with Crippen LogP contribution < -0.4 is 10.1 Å². The number of methoxy groups -OCH3 is 1. The predicted molar refractivity (Wildman–Crippen MR) is 130 cm³/mol. The second kappa shape index (κ2) is 10.8. The third-order valence-corrected chi connectivity index (χ3v) is 7.32. The number of amides is 1. The fraction of sp³-hybridized carbons (Fsp3) is 0.440. The molecule has 0 bridgehead atoms. The van der Waals surface area contributed by atoms with Crippen molar-refractivity contribution in [3.8, 4) is 17.1 Å². The van der Waals surface area contributed by atoms with Crippen LogP contribution >= 0.6 is 11.8 Å². The van der Waals surface area contributed by atoms with Gasteiger partial charge in [0.1, 0.15) is 5.75 Å². The van der Waals surface area contributed by atoms with Crippen LogP contribution in [0.4, 0.5) is 0 Å². The van der Waals surface area contributed by atoms with Crippen LogP contribution in [0.15, 0.2) is 53.9 Å². The predicted octanol–water partition coefficient (Wildman–Crippen LogP) is 4.90. The van der Waals surface area contributed by atoms with E-state index in [1.165, 1.54) is 31.0 Å². The van der Waals surface area contributed by atoms with Gasteiger partial charge in [-0.05, 0) is 55.5 Å². The molecule has 0 radical (unpaired) electrons. The molecule has 33 heavy (non-hydrogen) atoms. The first-order valence-corrected chi connectivity index (χ1v) is 12.4. The van der Waals surface area contributed by atoms with Gasteiger partial charge >= 0.3 is 0 Å². The topological polar surface area (TPSA) is 81.9 Å². The first-order chi connectivity index (χ1) is 16.1. The van der Waals surface area contributed by atoms with Gasteiger partial charge in [0.05, 0.1) is 12.4 Å². The average molecular weight is 466 g/mol. The van der Waals surface area contributed by atoms with E-state index in [0.29, 0.717) is 18.5 Å². The van der Waals surface area contributed by atoms with E-state index in [1.54, 1.807) is 13.3 Å². The molecule has 1 amide bonds. The van der Waals surface area contributed by atoms with Crippen molar-refractivity contribution in [3.63, 3.8) is 0 Å². The molecule has 1 aliphatic carbocycles. The van der Waals surface area contributed by atoms with Gasteiger partial charge in [-0.2, -0.15) is 0 Å². The minimum atomic E-state index is -0.299. The van der Waals surface area contributed by atoms with Gasteiger partial charge in [0, 0.05) is 30.5 Å². The number of nitrogens with zero attached hydrogens (tertiary/aromatic N) is 4. The fourth-order valence-corrected chi connectivity index (χ4v) is 5.25. The SMILES string of the molecule is COc1ccc(CNC(=O)[C@H](C)Sc2nnc(-c3cccnc3)n2[C@H]2CCCC[C@@H]2C)cc1. The van der Waals surface area contributed by atoms with E-state index < -0.39 is 0 Å². The second-order valence-electron chi connectivity index (χ2n) is 8.57. The summed E-state index contributed by atoms with van der Waals surface area (Å²) in [6.45, 7) is 4.69. The summed E-state index contributed by atoms with van der Waals surface area (Å²) >= 11 is 1.47. The third-order valence-electron chi connectivity index (χ3n) is 6.26. The Balaban J connectivity index is 1.50. The highest BCUT2D eigenvalue weighted by atomic mass is 32.2. The van der Waals surface area contributed by atoms with E-state index in [1.807, 2.05) is 49.5 Å². The summed E-state index contributed by atoms with van der Waals surface area (Å²) in [4.78, 5) is 17.1. The van der Waals surface area contributed by atoms with Crippen LogP contribution in [0.25, 0.3) is 11.4 Å². The lowest BCUT2D eigenvalue weighted by atomic mass is 9.85. The highest BCUT2D eigenvalue weighted by molar-refractivity contribution is 8.00. The lowest BCUT2D eigenvalue weighted by Gasteiger charge is -2.31. The zero-order valence-electron chi connectivity index (χ0n) is 19.4. The largest absolute Gasteiger partial charge is 0.497 e. The molecule has 8 heteroatoms. The van der Waals surface area contributed by atoms with Gasteiger partial charge < -0.3 is 10.1 Å². The maximum Gasteiger partial charge on any atom is 0.233 e. The van der Waals surface area contributed by atoms with Crippen molar-refractivity contribution in [1.82, 2.24) is 25.1 Å². The summed E-state index contributed by atoms with van der Waals surface area (Å²) in [7, 11) is 1.64. The van der Waals surface area contributed by atoms with E-state index in [-0.39, 0.29) is 11.2 Å². The smallest absolute Gasteiger partial charge is 0.233 e. The van der Waals surface area contributed by atoms with Gasteiger partial charge in [-0.1, -0.05) is 43.7 Å². The van der Waals surface area contributed by atoms with Crippen LogP contribution in [0.2, 0.25) is 0 Å². The monoisotopic (exact) mass is 465 g/mol. The minimum Gasteiger partial charge on any atom is -0.497 e. The number of ether oxygens (including phenoxy) is 1. The van der Waals surface area contributed by atoms with E-state index in [4.69, 9.17) is 4.74 Å². The molecule has 1 N–H and O–H groups in total. The Bertz CT molecular complexity index is 1050. The standard InChI is InChI=1S/C25H31N5O2S/c1-17-7-4-5-9-22(17)30-23(20-8-6-14-26-16-20)28-29-25(30)33-18(2)24(31)27-15-19-10-12-21(32-3)13-11-19/h6,8,10-14,16-18,22H,4-5,7,9,15H2,1-3H3,(H,27,31)/t17-,18-,22-/m0/s1. The first kappa shape index (κ1) is 23.3. The molecule has 3 aromatic rings. The Morgan fingerprint density at radius 3 is 2.70 bits per heavy atom. The maximum absolute atomic E-state index is 12.8. The molecule has 7 nitrogen and oxygen atoms in total. The number of pyridine rings is 1. The Morgan fingerprint density at radius 2 is 2.00 bits per heavy atom. The number of hydrogen-bond acceptors (Lipinski definition) is 6. The quantitative estimate of drug-likeness (QED) is 0.477. The summed E-state index contributed by atoms with van der Waals surface area (Å²) in [5.74, 6) is 2.14. The van der Waals surface area contributed by atoms with Gasteiger partial charge in [0.2, 0.25) is 5.91 Å². The van der Waals surface area contributed by atoms with Crippen LogP contribution in [0.1, 0.15) is 51.1 Å². The highest BCUT2D eigenvalue weighted by Gasteiger charge is 2.30. The molecule has 0 spiro atoms. The molecule has 1 fully saturated rings. The molecule has 1 aromatic carbocycles.